The molecule has 3 aliphatic rings. The van der Waals surface area contributed by atoms with Crippen LogP contribution in [0.15, 0.2) is 47.5 Å². The molecule has 2 aromatic carbocycles. The molecule has 2 heterocycles. The van der Waals surface area contributed by atoms with Crippen LogP contribution in [-0.2, 0) is 6.42 Å². The molecule has 0 amide bonds. The molecule has 5 rings (SSSR count). The molecule has 1 aliphatic carbocycles. The Hall–Kier alpha value is -2.76. The second-order valence-corrected chi connectivity index (χ2v) is 13.9. The van der Waals surface area contributed by atoms with E-state index in [1.807, 2.05) is 0 Å². The van der Waals surface area contributed by atoms with E-state index in [0.29, 0.717) is 12.1 Å². The predicted octanol–water partition coefficient (Wildman–Crippen LogP) is 8.19. The fraction of sp³-hybridized carbons (Fsp3) is 0.684. The van der Waals surface area contributed by atoms with Gasteiger partial charge in [0, 0.05) is 26.2 Å². The normalized spacial score (nSPS) is 21.2. The lowest BCUT2D eigenvalue weighted by atomic mass is 9.86. The van der Waals surface area contributed by atoms with E-state index in [1.165, 1.54) is 106 Å². The van der Waals surface area contributed by atoms with Crippen molar-refractivity contribution in [1.82, 2.24) is 14.7 Å². The number of unbranched alkanes of at least 4 members (excludes halogenated alkanes) is 6. The molecule has 6 heteroatoms. The van der Waals surface area contributed by atoms with Crippen LogP contribution in [0.25, 0.3) is 10.8 Å². The smallest absolute Gasteiger partial charge is 0.194 e. The highest BCUT2D eigenvalue weighted by Crippen LogP contribution is 2.29. The van der Waals surface area contributed by atoms with Gasteiger partial charge in [-0.1, -0.05) is 120 Å². The lowest BCUT2D eigenvalue weighted by Gasteiger charge is -2.27. The zero-order valence-electron chi connectivity index (χ0n) is 27.7. The highest BCUT2D eigenvalue weighted by atomic mass is 15.4. The molecule has 0 aromatic heterocycles. The molecular weight excluding hydrogens is 540 g/mol. The van der Waals surface area contributed by atoms with E-state index in [0.717, 1.165) is 69.8 Å². The summed E-state index contributed by atoms with van der Waals surface area (Å²) in [6, 6.07) is 16.3. The lowest BCUT2D eigenvalue weighted by molar-refractivity contribution is 0.289. The van der Waals surface area contributed by atoms with Crippen molar-refractivity contribution >= 4 is 22.7 Å². The third-order valence-corrected chi connectivity index (χ3v) is 10.7. The van der Waals surface area contributed by atoms with Gasteiger partial charge in [-0.05, 0) is 60.8 Å². The largest absolute Gasteiger partial charge is 0.370 e. The van der Waals surface area contributed by atoms with Crippen LogP contribution in [0, 0.1) is 11.3 Å². The third-order valence-electron chi connectivity index (χ3n) is 10.7. The topological polar surface area (TPSA) is 72.0 Å². The molecule has 0 bridgehead atoms. The summed E-state index contributed by atoms with van der Waals surface area (Å²) in [6.45, 7) is 7.13. The van der Waals surface area contributed by atoms with Gasteiger partial charge in [0.15, 0.2) is 11.9 Å². The van der Waals surface area contributed by atoms with Crippen molar-refractivity contribution in [2.24, 2.45) is 16.6 Å². The molecule has 2 atom stereocenters. The molecule has 2 aromatic rings. The third kappa shape index (κ3) is 8.91. The van der Waals surface area contributed by atoms with Gasteiger partial charge >= 0.3 is 0 Å². The van der Waals surface area contributed by atoms with E-state index < -0.39 is 0 Å². The van der Waals surface area contributed by atoms with Crippen molar-refractivity contribution < 1.29 is 0 Å². The molecule has 2 fully saturated rings. The number of rotatable bonds is 18. The van der Waals surface area contributed by atoms with E-state index in [1.54, 1.807) is 0 Å². The Morgan fingerprint density at radius 2 is 1.50 bits per heavy atom. The van der Waals surface area contributed by atoms with E-state index in [2.05, 4.69) is 69.1 Å². The van der Waals surface area contributed by atoms with E-state index in [4.69, 9.17) is 5.73 Å². The summed E-state index contributed by atoms with van der Waals surface area (Å²) in [6.07, 6.45) is 22.0. The summed E-state index contributed by atoms with van der Waals surface area (Å²) in [4.78, 5) is 11.8. The number of benzene rings is 2. The Balaban J connectivity index is 1.09. The number of hydrogen-bond donors (Lipinski definition) is 2. The van der Waals surface area contributed by atoms with Gasteiger partial charge in [0.2, 0.25) is 0 Å². The van der Waals surface area contributed by atoms with Crippen molar-refractivity contribution in [2.45, 2.75) is 128 Å². The van der Waals surface area contributed by atoms with Crippen LogP contribution >= 0.6 is 0 Å². The van der Waals surface area contributed by atoms with Crippen molar-refractivity contribution in [3.05, 3.63) is 48.0 Å². The number of nitrogens with one attached hydrogen (secondary N) is 1. The highest BCUT2D eigenvalue weighted by Gasteiger charge is 2.34. The Kier molecular flexibility index (Phi) is 12.7. The first-order valence-electron chi connectivity index (χ1n) is 18.3. The van der Waals surface area contributed by atoms with Crippen molar-refractivity contribution in [1.29, 1.82) is 5.41 Å². The molecule has 0 spiro atoms. The molecule has 242 valence electrons. The van der Waals surface area contributed by atoms with Crippen LogP contribution in [0.3, 0.4) is 0 Å². The first kappa shape index (κ1) is 32.6. The number of nitrogens with two attached hydrogens (primary N) is 1. The first-order valence-corrected chi connectivity index (χ1v) is 18.3. The summed E-state index contributed by atoms with van der Waals surface area (Å²) in [5, 5.41) is 11.9. The highest BCUT2D eigenvalue weighted by molar-refractivity contribution is 5.86. The maximum atomic E-state index is 9.18. The van der Waals surface area contributed by atoms with Gasteiger partial charge in [-0.2, -0.15) is 0 Å². The standard InChI is InChI=1S/C38H60N6/c1-2-3-4-5-13-27-44-35(28-33-22-16-21-32-20-9-10-24-36(32)33)30-42(38(44)40)25-14-12-23-34-29-41-37(39)43(34)26-15-11-19-31-17-7-6-8-18-31/h9-10,16,20-22,24,31,34-35,40H,2-8,11-15,17-19,23,25-30H2,1H3,(H2,39,41)/t34-,35+/m0/s1. The zero-order chi connectivity index (χ0) is 30.6. The van der Waals surface area contributed by atoms with Crippen LogP contribution in [0.5, 0.6) is 0 Å². The number of aliphatic imine (C=N–C) groups is 1. The van der Waals surface area contributed by atoms with Gasteiger partial charge in [-0.3, -0.25) is 10.4 Å². The summed E-state index contributed by atoms with van der Waals surface area (Å²) in [7, 11) is 0. The van der Waals surface area contributed by atoms with E-state index in [-0.39, 0.29) is 0 Å². The minimum absolute atomic E-state index is 0.367. The Bertz CT molecular complexity index is 1180. The predicted molar refractivity (Wildman–Crippen MR) is 187 cm³/mol. The van der Waals surface area contributed by atoms with E-state index >= 15 is 0 Å². The average Bonchev–Trinajstić information content (AvgIpc) is 3.55. The quantitative estimate of drug-likeness (QED) is 0.169. The number of nitrogens with zero attached hydrogens (tertiary/aromatic N) is 4. The zero-order valence-corrected chi connectivity index (χ0v) is 27.7. The van der Waals surface area contributed by atoms with Gasteiger partial charge < -0.3 is 20.4 Å². The lowest BCUT2D eigenvalue weighted by Crippen LogP contribution is -2.41. The fourth-order valence-electron chi connectivity index (χ4n) is 8.06. The van der Waals surface area contributed by atoms with Crippen LogP contribution in [0.2, 0.25) is 0 Å². The number of guanidine groups is 2. The molecule has 0 radical (unpaired) electrons. The van der Waals surface area contributed by atoms with Crippen molar-refractivity contribution in [3.63, 3.8) is 0 Å². The summed E-state index contributed by atoms with van der Waals surface area (Å²) >= 11 is 0. The Morgan fingerprint density at radius 1 is 0.773 bits per heavy atom. The summed E-state index contributed by atoms with van der Waals surface area (Å²) in [5.41, 5.74) is 7.76. The van der Waals surface area contributed by atoms with Gasteiger partial charge in [-0.25, -0.2) is 0 Å². The molecule has 0 unspecified atom stereocenters. The second-order valence-electron chi connectivity index (χ2n) is 13.9. The van der Waals surface area contributed by atoms with Gasteiger partial charge in [0.05, 0.1) is 18.6 Å². The van der Waals surface area contributed by atoms with Crippen LogP contribution in [0.1, 0.15) is 115 Å². The summed E-state index contributed by atoms with van der Waals surface area (Å²) < 4.78 is 0. The van der Waals surface area contributed by atoms with Crippen LogP contribution < -0.4 is 5.73 Å². The molecule has 1 saturated carbocycles. The monoisotopic (exact) mass is 600 g/mol. The molecule has 2 aliphatic heterocycles. The second kappa shape index (κ2) is 17.1. The molecule has 6 nitrogen and oxygen atoms in total. The maximum Gasteiger partial charge on any atom is 0.194 e. The molecule has 3 N–H and O–H groups in total. The van der Waals surface area contributed by atoms with Crippen LogP contribution in [-0.4, -0.2) is 71.4 Å². The minimum atomic E-state index is 0.367. The van der Waals surface area contributed by atoms with Gasteiger partial charge in [-0.15, -0.1) is 0 Å². The first-order chi connectivity index (χ1) is 21.6. The van der Waals surface area contributed by atoms with Crippen LogP contribution in [0.4, 0.5) is 0 Å². The molecule has 1 saturated heterocycles. The van der Waals surface area contributed by atoms with E-state index in [9.17, 15) is 5.41 Å². The van der Waals surface area contributed by atoms with Crippen molar-refractivity contribution in [3.8, 4) is 0 Å². The maximum absolute atomic E-state index is 9.18. The number of fused-ring (bicyclic) bond motifs is 1. The Labute approximate surface area is 268 Å². The summed E-state index contributed by atoms with van der Waals surface area (Å²) in [5.74, 6) is 2.48. The van der Waals surface area contributed by atoms with Gasteiger partial charge in [0.25, 0.3) is 0 Å². The average molecular weight is 601 g/mol. The fourth-order valence-corrected chi connectivity index (χ4v) is 8.06. The SMILES string of the molecule is CCCCCCCN1C(=N)N(CCCC[C@H]2CN=C(N)N2CCCCC2CCCCC2)C[C@H]1Cc1cccc2ccccc12. The Morgan fingerprint density at radius 3 is 2.36 bits per heavy atom. The molecular formula is C38H60N6. The number of hydrogen-bond acceptors (Lipinski definition) is 4. The van der Waals surface area contributed by atoms with Crippen molar-refractivity contribution in [2.75, 3.05) is 32.7 Å². The van der Waals surface area contributed by atoms with Gasteiger partial charge in [0.1, 0.15) is 0 Å². The minimum Gasteiger partial charge on any atom is -0.370 e. The molecule has 44 heavy (non-hydrogen) atoms.